The van der Waals surface area contributed by atoms with Crippen molar-refractivity contribution in [1.82, 2.24) is 10.3 Å². The molecule has 0 saturated carbocycles. The molecule has 94 valence electrons. The predicted octanol–water partition coefficient (Wildman–Crippen LogP) is 1.41. The highest BCUT2D eigenvalue weighted by atomic mass is 16.2. The fourth-order valence-corrected chi connectivity index (χ4v) is 2.34. The van der Waals surface area contributed by atoms with Crippen LogP contribution in [0.4, 0.5) is 0 Å². The van der Waals surface area contributed by atoms with Crippen molar-refractivity contribution in [3.8, 4) is 0 Å². The predicted molar refractivity (Wildman–Crippen MR) is 65.7 cm³/mol. The number of carbonyl (C=O) groups is 1. The Bertz CT molecular complexity index is 208. The topological polar surface area (TPSA) is 58.4 Å². The van der Waals surface area contributed by atoms with Gasteiger partial charge in [-0.25, -0.2) is 5.84 Å². The number of nitrogens with two attached hydrogens (primary N) is 1. The van der Waals surface area contributed by atoms with Gasteiger partial charge in [0.05, 0.1) is 0 Å². The number of unbranched alkanes of at least 4 members (excludes halogenated alkanes) is 1. The maximum absolute atomic E-state index is 10.9. The van der Waals surface area contributed by atoms with Gasteiger partial charge in [0.1, 0.15) is 0 Å². The van der Waals surface area contributed by atoms with Crippen LogP contribution in [0.15, 0.2) is 0 Å². The Morgan fingerprint density at radius 2 is 2.19 bits per heavy atom. The second kappa shape index (κ2) is 7.63. The van der Waals surface area contributed by atoms with Crippen LogP contribution in [0.2, 0.25) is 0 Å². The third-order valence-corrected chi connectivity index (χ3v) is 3.45. The van der Waals surface area contributed by atoms with Gasteiger partial charge in [-0.15, -0.1) is 0 Å². The smallest absolute Gasteiger partial charge is 0.233 e. The average molecular weight is 227 g/mol. The monoisotopic (exact) mass is 227 g/mol. The van der Waals surface area contributed by atoms with Crippen molar-refractivity contribution in [1.29, 1.82) is 0 Å². The zero-order valence-electron chi connectivity index (χ0n) is 10.4. The minimum absolute atomic E-state index is 0.0519. The molecule has 0 aliphatic carbocycles. The maximum atomic E-state index is 10.9. The molecule has 0 bridgehead atoms. The van der Waals surface area contributed by atoms with Crippen LogP contribution in [0.5, 0.6) is 0 Å². The summed E-state index contributed by atoms with van der Waals surface area (Å²) in [5, 5.41) is 0. The first kappa shape index (κ1) is 13.5. The number of hydrogen-bond donors (Lipinski definition) is 2. The van der Waals surface area contributed by atoms with Crippen LogP contribution in [-0.4, -0.2) is 29.9 Å². The molecule has 1 saturated heterocycles. The Kier molecular flexibility index (Phi) is 6.42. The highest BCUT2D eigenvalue weighted by Crippen LogP contribution is 2.16. The van der Waals surface area contributed by atoms with E-state index in [0.717, 1.165) is 19.4 Å². The standard InChI is InChI=1S/C12H25N3O/c1-11-7-3-2-5-9-15(11)10-6-4-8-12(16)14-13/h11H,2-10,13H2,1H3,(H,14,16). The van der Waals surface area contributed by atoms with Crippen molar-refractivity contribution in [3.63, 3.8) is 0 Å². The molecule has 4 nitrogen and oxygen atoms in total. The zero-order valence-corrected chi connectivity index (χ0v) is 10.4. The SMILES string of the molecule is CC1CCCCCN1CCCCC(=O)NN. The van der Waals surface area contributed by atoms with E-state index in [1.165, 1.54) is 32.2 Å². The molecule has 0 aromatic rings. The van der Waals surface area contributed by atoms with Crippen LogP contribution < -0.4 is 11.3 Å². The molecule has 1 atom stereocenters. The van der Waals surface area contributed by atoms with Crippen molar-refractivity contribution in [3.05, 3.63) is 0 Å². The Hall–Kier alpha value is -0.610. The van der Waals surface area contributed by atoms with Crippen LogP contribution in [0.1, 0.15) is 51.9 Å². The van der Waals surface area contributed by atoms with Crippen molar-refractivity contribution < 1.29 is 4.79 Å². The van der Waals surface area contributed by atoms with E-state index in [9.17, 15) is 4.79 Å². The number of hydrogen-bond acceptors (Lipinski definition) is 3. The summed E-state index contributed by atoms with van der Waals surface area (Å²) in [6.07, 6.45) is 7.98. The summed E-state index contributed by atoms with van der Waals surface area (Å²) < 4.78 is 0. The van der Waals surface area contributed by atoms with Gasteiger partial charge in [0.2, 0.25) is 5.91 Å². The van der Waals surface area contributed by atoms with Crippen LogP contribution in [0.25, 0.3) is 0 Å². The molecule has 1 unspecified atom stereocenters. The summed E-state index contributed by atoms with van der Waals surface area (Å²) in [6, 6.07) is 0.714. The Balaban J connectivity index is 2.12. The van der Waals surface area contributed by atoms with Gasteiger partial charge in [-0.1, -0.05) is 12.8 Å². The molecule has 1 fully saturated rings. The molecule has 0 spiro atoms. The Labute approximate surface area is 98.5 Å². The van der Waals surface area contributed by atoms with Gasteiger partial charge in [0, 0.05) is 12.5 Å². The molecule has 1 heterocycles. The van der Waals surface area contributed by atoms with Crippen LogP contribution >= 0.6 is 0 Å². The highest BCUT2D eigenvalue weighted by molar-refractivity contribution is 5.75. The van der Waals surface area contributed by atoms with Crippen molar-refractivity contribution in [2.24, 2.45) is 5.84 Å². The van der Waals surface area contributed by atoms with E-state index in [4.69, 9.17) is 5.84 Å². The summed E-state index contributed by atoms with van der Waals surface area (Å²) >= 11 is 0. The molecule has 3 N–H and O–H groups in total. The first-order chi connectivity index (χ1) is 7.74. The largest absolute Gasteiger partial charge is 0.301 e. The lowest BCUT2D eigenvalue weighted by Gasteiger charge is -2.26. The third-order valence-electron chi connectivity index (χ3n) is 3.45. The number of carbonyl (C=O) groups excluding carboxylic acids is 1. The van der Waals surface area contributed by atoms with Crippen LogP contribution in [0.3, 0.4) is 0 Å². The van der Waals surface area contributed by atoms with Gasteiger partial charge < -0.3 is 4.90 Å². The highest BCUT2D eigenvalue weighted by Gasteiger charge is 2.15. The second-order valence-electron chi connectivity index (χ2n) is 4.76. The zero-order chi connectivity index (χ0) is 11.8. The fraction of sp³-hybridized carbons (Fsp3) is 0.917. The van der Waals surface area contributed by atoms with E-state index < -0.39 is 0 Å². The van der Waals surface area contributed by atoms with Gasteiger partial charge in [-0.3, -0.25) is 10.2 Å². The molecule has 1 aliphatic heterocycles. The second-order valence-corrected chi connectivity index (χ2v) is 4.76. The number of likely N-dealkylation sites (tertiary alicyclic amines) is 1. The summed E-state index contributed by atoms with van der Waals surface area (Å²) in [4.78, 5) is 13.5. The van der Waals surface area contributed by atoms with Crippen molar-refractivity contribution in [2.75, 3.05) is 13.1 Å². The summed E-state index contributed by atoms with van der Waals surface area (Å²) in [5.41, 5.74) is 2.17. The first-order valence-electron chi connectivity index (χ1n) is 6.47. The van der Waals surface area contributed by atoms with Crippen LogP contribution in [-0.2, 0) is 4.79 Å². The molecule has 4 heteroatoms. The van der Waals surface area contributed by atoms with Gasteiger partial charge in [0.15, 0.2) is 0 Å². The van der Waals surface area contributed by atoms with Crippen molar-refractivity contribution in [2.45, 2.75) is 57.9 Å². The van der Waals surface area contributed by atoms with Gasteiger partial charge >= 0.3 is 0 Å². The summed E-state index contributed by atoms with van der Waals surface area (Å²) in [7, 11) is 0. The molecular weight excluding hydrogens is 202 g/mol. The number of amides is 1. The Morgan fingerprint density at radius 1 is 1.38 bits per heavy atom. The minimum Gasteiger partial charge on any atom is -0.301 e. The molecule has 1 aliphatic rings. The molecule has 16 heavy (non-hydrogen) atoms. The van der Waals surface area contributed by atoms with Crippen molar-refractivity contribution >= 4 is 5.91 Å². The quantitative estimate of drug-likeness (QED) is 0.323. The van der Waals surface area contributed by atoms with E-state index >= 15 is 0 Å². The Morgan fingerprint density at radius 3 is 2.94 bits per heavy atom. The van der Waals surface area contributed by atoms with Gasteiger partial charge in [0.25, 0.3) is 0 Å². The molecule has 0 aromatic carbocycles. The van der Waals surface area contributed by atoms with Gasteiger partial charge in [-0.2, -0.15) is 0 Å². The molecule has 0 aromatic heterocycles. The summed E-state index contributed by atoms with van der Waals surface area (Å²) in [6.45, 7) is 4.67. The van der Waals surface area contributed by atoms with Gasteiger partial charge in [-0.05, 0) is 45.7 Å². The maximum Gasteiger partial charge on any atom is 0.233 e. The van der Waals surface area contributed by atoms with E-state index in [-0.39, 0.29) is 5.91 Å². The fourth-order valence-electron chi connectivity index (χ4n) is 2.34. The summed E-state index contributed by atoms with van der Waals surface area (Å²) in [5.74, 6) is 4.98. The molecule has 1 amide bonds. The lowest BCUT2D eigenvalue weighted by molar-refractivity contribution is -0.121. The number of nitrogens with one attached hydrogen (secondary N) is 1. The van der Waals surface area contributed by atoms with Crippen LogP contribution in [0, 0.1) is 0 Å². The van der Waals surface area contributed by atoms with E-state index in [1.807, 2.05) is 0 Å². The molecular formula is C12H25N3O. The number of nitrogens with zero attached hydrogens (tertiary/aromatic N) is 1. The molecule has 1 rings (SSSR count). The first-order valence-corrected chi connectivity index (χ1v) is 6.47. The van der Waals surface area contributed by atoms with E-state index in [0.29, 0.717) is 12.5 Å². The number of rotatable bonds is 5. The van der Waals surface area contributed by atoms with E-state index in [1.54, 1.807) is 0 Å². The lowest BCUT2D eigenvalue weighted by atomic mass is 10.1. The number of hydrazine groups is 1. The molecule has 0 radical (unpaired) electrons. The normalized spacial score (nSPS) is 22.8. The average Bonchev–Trinajstić information content (AvgIpc) is 2.49. The lowest BCUT2D eigenvalue weighted by Crippen LogP contribution is -2.34. The minimum atomic E-state index is -0.0519. The third kappa shape index (κ3) is 4.94. The van der Waals surface area contributed by atoms with E-state index in [2.05, 4.69) is 17.2 Å².